The van der Waals surface area contributed by atoms with Crippen molar-refractivity contribution < 1.29 is 9.90 Å². The van der Waals surface area contributed by atoms with Gasteiger partial charge in [0.1, 0.15) is 12.1 Å². The minimum atomic E-state index is -0.0999. The summed E-state index contributed by atoms with van der Waals surface area (Å²) < 4.78 is 0. The summed E-state index contributed by atoms with van der Waals surface area (Å²) in [7, 11) is 0. The average Bonchev–Trinajstić information content (AvgIpc) is 3.13. The predicted octanol–water partition coefficient (Wildman–Crippen LogP) is 3.91. The van der Waals surface area contributed by atoms with Gasteiger partial charge in [-0.25, -0.2) is 4.98 Å². The molecule has 1 unspecified atom stereocenters. The van der Waals surface area contributed by atoms with E-state index in [-0.39, 0.29) is 16.9 Å². The molecule has 0 saturated heterocycles. The Labute approximate surface area is 156 Å². The minimum Gasteiger partial charge on any atom is -0.508 e. The Hall–Kier alpha value is -2.80. The van der Waals surface area contributed by atoms with Crippen molar-refractivity contribution in [1.82, 2.24) is 15.2 Å². The molecule has 1 amide bonds. The standard InChI is InChI=1S/C19H20N4O2S/c1-3-13-10-16(25)8-9-17(13)18(26-19-20-11-21-23-19)14-4-6-15(7-5-14)22-12(2)24/h4-11,18,25H,3H2,1-2H3,(H,22,24)(H,20,21,23). The summed E-state index contributed by atoms with van der Waals surface area (Å²) in [4.78, 5) is 15.4. The van der Waals surface area contributed by atoms with E-state index in [4.69, 9.17) is 0 Å². The highest BCUT2D eigenvalue weighted by molar-refractivity contribution is 7.99. The summed E-state index contributed by atoms with van der Waals surface area (Å²) in [6.07, 6.45) is 2.29. The van der Waals surface area contributed by atoms with E-state index in [0.29, 0.717) is 0 Å². The number of carbonyl (C=O) groups is 1. The van der Waals surface area contributed by atoms with Gasteiger partial charge in [0.05, 0.1) is 5.25 Å². The molecule has 3 N–H and O–H groups in total. The zero-order valence-electron chi connectivity index (χ0n) is 14.6. The number of nitrogens with zero attached hydrogens (tertiary/aromatic N) is 2. The number of H-pyrrole nitrogens is 1. The molecule has 0 bridgehead atoms. The molecular weight excluding hydrogens is 348 g/mol. The second-order valence-electron chi connectivity index (χ2n) is 5.83. The number of thioether (sulfide) groups is 1. The Bertz CT molecular complexity index is 879. The summed E-state index contributed by atoms with van der Waals surface area (Å²) in [6, 6.07) is 13.2. The molecule has 0 spiro atoms. The Balaban J connectivity index is 1.99. The number of phenolic OH excluding ortho intramolecular Hbond substituents is 1. The first-order chi connectivity index (χ1) is 12.6. The summed E-state index contributed by atoms with van der Waals surface area (Å²) in [5.74, 6) is 0.159. The first-order valence-electron chi connectivity index (χ1n) is 8.28. The quantitative estimate of drug-likeness (QED) is 0.574. The van der Waals surface area contributed by atoms with Crippen molar-refractivity contribution in [3.05, 3.63) is 65.5 Å². The highest BCUT2D eigenvalue weighted by Crippen LogP contribution is 2.41. The van der Waals surface area contributed by atoms with Crippen molar-refractivity contribution in [3.8, 4) is 5.75 Å². The molecule has 1 aromatic heterocycles. The van der Waals surface area contributed by atoms with E-state index >= 15 is 0 Å². The molecule has 3 rings (SSSR count). The molecular formula is C19H20N4O2S. The zero-order chi connectivity index (χ0) is 18.5. The van der Waals surface area contributed by atoms with Gasteiger partial charge in [-0.1, -0.05) is 36.9 Å². The van der Waals surface area contributed by atoms with Crippen molar-refractivity contribution in [3.63, 3.8) is 0 Å². The predicted molar refractivity (Wildman–Crippen MR) is 102 cm³/mol. The largest absolute Gasteiger partial charge is 0.508 e. The van der Waals surface area contributed by atoms with Crippen LogP contribution in [0.4, 0.5) is 5.69 Å². The maximum atomic E-state index is 11.2. The molecule has 1 heterocycles. The minimum absolute atomic E-state index is 0.0233. The zero-order valence-corrected chi connectivity index (χ0v) is 15.4. The topological polar surface area (TPSA) is 90.9 Å². The first-order valence-corrected chi connectivity index (χ1v) is 9.16. The fourth-order valence-electron chi connectivity index (χ4n) is 2.77. The van der Waals surface area contributed by atoms with E-state index in [2.05, 4.69) is 27.4 Å². The molecule has 0 fully saturated rings. The number of nitrogens with one attached hydrogen (secondary N) is 2. The van der Waals surface area contributed by atoms with Crippen LogP contribution < -0.4 is 5.32 Å². The van der Waals surface area contributed by atoms with Crippen LogP contribution in [-0.4, -0.2) is 26.2 Å². The van der Waals surface area contributed by atoms with E-state index in [9.17, 15) is 9.90 Å². The van der Waals surface area contributed by atoms with E-state index in [1.54, 1.807) is 23.9 Å². The fraction of sp³-hybridized carbons (Fsp3) is 0.211. The van der Waals surface area contributed by atoms with Gasteiger partial charge >= 0.3 is 0 Å². The number of hydrogen-bond donors (Lipinski definition) is 3. The summed E-state index contributed by atoms with van der Waals surface area (Å²) >= 11 is 1.56. The van der Waals surface area contributed by atoms with Crippen molar-refractivity contribution in [1.29, 1.82) is 0 Å². The van der Waals surface area contributed by atoms with Crippen LogP contribution in [0.25, 0.3) is 0 Å². The highest BCUT2D eigenvalue weighted by atomic mass is 32.2. The number of aryl methyl sites for hydroxylation is 1. The third kappa shape index (κ3) is 4.23. The molecule has 0 aliphatic rings. The van der Waals surface area contributed by atoms with Crippen LogP contribution in [0.5, 0.6) is 5.75 Å². The lowest BCUT2D eigenvalue weighted by molar-refractivity contribution is -0.114. The summed E-state index contributed by atoms with van der Waals surface area (Å²) in [5.41, 5.74) is 4.01. The Morgan fingerprint density at radius 1 is 1.27 bits per heavy atom. The number of anilines is 1. The second kappa shape index (κ2) is 8.05. The Kier molecular flexibility index (Phi) is 5.58. The van der Waals surface area contributed by atoms with Crippen LogP contribution in [0.2, 0.25) is 0 Å². The number of aromatic nitrogens is 3. The van der Waals surface area contributed by atoms with Gasteiger partial charge in [0, 0.05) is 12.6 Å². The van der Waals surface area contributed by atoms with Gasteiger partial charge < -0.3 is 10.4 Å². The van der Waals surface area contributed by atoms with Crippen molar-refractivity contribution in [2.45, 2.75) is 30.7 Å². The van der Waals surface area contributed by atoms with Gasteiger partial charge in [-0.3, -0.25) is 9.89 Å². The number of hydrogen-bond acceptors (Lipinski definition) is 5. The Morgan fingerprint density at radius 2 is 2.04 bits per heavy atom. The number of aromatic hydroxyl groups is 1. The van der Waals surface area contributed by atoms with Gasteiger partial charge in [-0.05, 0) is 47.4 Å². The number of carbonyl (C=O) groups excluding carboxylic acids is 1. The molecule has 0 aliphatic heterocycles. The molecule has 7 heteroatoms. The van der Waals surface area contributed by atoms with E-state index in [1.807, 2.05) is 30.3 Å². The van der Waals surface area contributed by atoms with Crippen LogP contribution >= 0.6 is 11.8 Å². The van der Waals surface area contributed by atoms with Gasteiger partial charge in [-0.2, -0.15) is 5.10 Å². The number of amides is 1. The molecule has 0 saturated carbocycles. The van der Waals surface area contributed by atoms with Crippen LogP contribution in [-0.2, 0) is 11.2 Å². The van der Waals surface area contributed by atoms with Crippen LogP contribution in [0, 0.1) is 0 Å². The van der Waals surface area contributed by atoms with Crippen molar-refractivity contribution in [2.24, 2.45) is 0 Å². The van der Waals surface area contributed by atoms with E-state index in [0.717, 1.165) is 34.0 Å². The lowest BCUT2D eigenvalue weighted by Gasteiger charge is -2.20. The summed E-state index contributed by atoms with van der Waals surface area (Å²) in [6.45, 7) is 3.55. The second-order valence-corrected chi connectivity index (χ2v) is 6.92. The molecule has 26 heavy (non-hydrogen) atoms. The molecule has 0 radical (unpaired) electrons. The van der Waals surface area contributed by atoms with Gasteiger partial charge in [-0.15, -0.1) is 0 Å². The molecule has 0 aliphatic carbocycles. The number of phenols is 1. The molecule has 134 valence electrons. The van der Waals surface area contributed by atoms with E-state index < -0.39 is 0 Å². The Morgan fingerprint density at radius 3 is 2.65 bits per heavy atom. The fourth-order valence-corrected chi connectivity index (χ4v) is 3.86. The van der Waals surface area contributed by atoms with E-state index in [1.165, 1.54) is 13.3 Å². The van der Waals surface area contributed by atoms with Gasteiger partial charge in [0.25, 0.3) is 0 Å². The lowest BCUT2D eigenvalue weighted by Crippen LogP contribution is -2.06. The molecule has 1 atom stereocenters. The maximum Gasteiger partial charge on any atom is 0.221 e. The highest BCUT2D eigenvalue weighted by Gasteiger charge is 2.20. The average molecular weight is 368 g/mol. The SMILES string of the molecule is CCc1cc(O)ccc1C(Sc1ncn[nH]1)c1ccc(NC(C)=O)cc1. The maximum absolute atomic E-state index is 11.2. The van der Waals surface area contributed by atoms with Gasteiger partial charge in [0.15, 0.2) is 5.16 Å². The lowest BCUT2D eigenvalue weighted by atomic mass is 9.97. The van der Waals surface area contributed by atoms with Crippen molar-refractivity contribution >= 4 is 23.4 Å². The van der Waals surface area contributed by atoms with Crippen molar-refractivity contribution in [2.75, 3.05) is 5.32 Å². The first kappa shape index (κ1) is 18.0. The number of rotatable bonds is 6. The monoisotopic (exact) mass is 368 g/mol. The van der Waals surface area contributed by atoms with Gasteiger partial charge in [0.2, 0.25) is 5.91 Å². The number of benzene rings is 2. The summed E-state index contributed by atoms with van der Waals surface area (Å²) in [5, 5.41) is 20.1. The third-order valence-electron chi connectivity index (χ3n) is 3.95. The number of aromatic amines is 1. The van der Waals surface area contributed by atoms with Crippen LogP contribution in [0.15, 0.2) is 53.9 Å². The molecule has 3 aromatic rings. The van der Waals surface area contributed by atoms with Crippen LogP contribution in [0.1, 0.15) is 35.8 Å². The third-order valence-corrected chi connectivity index (χ3v) is 5.13. The smallest absolute Gasteiger partial charge is 0.221 e. The molecule has 6 nitrogen and oxygen atoms in total. The molecule has 2 aromatic carbocycles. The van der Waals surface area contributed by atoms with Crippen LogP contribution in [0.3, 0.4) is 0 Å². The normalized spacial score (nSPS) is 11.9.